The molecule has 1 spiro atoms. The first-order chi connectivity index (χ1) is 16.0. The molecule has 0 fully saturated rings. The summed E-state index contributed by atoms with van der Waals surface area (Å²) in [5.74, 6) is -1.49. The van der Waals surface area contributed by atoms with Gasteiger partial charge in [-0.2, -0.15) is 0 Å². The van der Waals surface area contributed by atoms with E-state index in [1.807, 2.05) is 0 Å². The quantitative estimate of drug-likeness (QED) is 0.130. The second-order valence-corrected chi connectivity index (χ2v) is 9.37. The average Bonchev–Trinajstić information content (AvgIpc) is 3.06. The van der Waals surface area contributed by atoms with Crippen LogP contribution >= 0.6 is 69.6 Å². The molecule has 0 radical (unpaired) electrons. The van der Waals surface area contributed by atoms with Crippen molar-refractivity contribution in [3.8, 4) is 23.0 Å². The maximum Gasteiger partial charge on any atom is 0.511 e. The van der Waals surface area contributed by atoms with Crippen LogP contribution in [-0.2, 0) is 10.3 Å². The summed E-state index contributed by atoms with van der Waals surface area (Å²) in [6.45, 7) is 0. The number of benzene rings is 3. The first-order valence-corrected chi connectivity index (χ1v) is 11.3. The Kier molecular flexibility index (Phi) is 5.44. The highest BCUT2D eigenvalue weighted by molar-refractivity contribution is 6.53. The molecule has 174 valence electrons. The van der Waals surface area contributed by atoms with Gasteiger partial charge in [0.2, 0.25) is 0 Å². The van der Waals surface area contributed by atoms with E-state index in [0.717, 1.165) is 6.07 Å². The molecule has 0 bridgehead atoms. The zero-order valence-corrected chi connectivity index (χ0v) is 20.5. The first-order valence-electron chi connectivity index (χ1n) is 9.03. The van der Waals surface area contributed by atoms with Gasteiger partial charge in [0.1, 0.15) is 22.3 Å². The molecule has 13 heteroatoms. The van der Waals surface area contributed by atoms with Crippen molar-refractivity contribution in [3.05, 3.63) is 76.7 Å². The van der Waals surface area contributed by atoms with Gasteiger partial charge >= 0.3 is 12.1 Å². The van der Waals surface area contributed by atoms with E-state index in [0.29, 0.717) is 0 Å². The summed E-state index contributed by atoms with van der Waals surface area (Å²) in [5.41, 5.74) is -1.85. The Morgan fingerprint density at radius 1 is 0.853 bits per heavy atom. The van der Waals surface area contributed by atoms with Crippen molar-refractivity contribution < 1.29 is 34.0 Å². The smallest absolute Gasteiger partial charge is 0.508 e. The topological polar surface area (TPSA) is 102 Å². The van der Waals surface area contributed by atoms with Gasteiger partial charge in [-0.1, -0.05) is 69.6 Å². The zero-order chi connectivity index (χ0) is 24.7. The van der Waals surface area contributed by atoms with E-state index < -0.39 is 17.7 Å². The second kappa shape index (κ2) is 7.88. The number of carbonyl (C=O) groups is 2. The Bertz CT molecular complexity index is 1470. The van der Waals surface area contributed by atoms with Gasteiger partial charge in [-0.3, -0.25) is 0 Å². The molecule has 1 atom stereocenters. The molecule has 2 N–H and O–H groups in total. The zero-order valence-electron chi connectivity index (χ0n) is 16.0. The fourth-order valence-corrected chi connectivity index (χ4v) is 5.63. The molecule has 7 nitrogen and oxygen atoms in total. The fraction of sp³-hybridized carbons (Fsp3) is 0.0476. The number of carboxylic acid groups (broad SMARTS) is 1. The van der Waals surface area contributed by atoms with Crippen LogP contribution < -0.4 is 9.47 Å². The van der Waals surface area contributed by atoms with E-state index in [2.05, 4.69) is 0 Å². The van der Waals surface area contributed by atoms with Gasteiger partial charge in [0, 0.05) is 23.3 Å². The van der Waals surface area contributed by atoms with E-state index in [1.54, 1.807) is 0 Å². The van der Waals surface area contributed by atoms with Crippen molar-refractivity contribution in [1.82, 2.24) is 0 Å². The Hall–Kier alpha value is -2.26. The van der Waals surface area contributed by atoms with Gasteiger partial charge in [0.05, 0.1) is 36.2 Å². The standard InChI is InChI=1S/C21H6Cl6O7/c22-13-9(33-20(30)31)4-8-11(15(13)24)21(6-2-1-5(28)3-7(6)32-8)12-10(19(29)34-21)14(23)17(26)18(27)16(12)25/h1-4,28H,(H,30,31). The molecule has 3 aromatic rings. The van der Waals surface area contributed by atoms with Gasteiger partial charge in [-0.25, -0.2) is 9.59 Å². The highest BCUT2D eigenvalue weighted by atomic mass is 35.5. The Morgan fingerprint density at radius 3 is 2.18 bits per heavy atom. The third kappa shape index (κ3) is 3.05. The van der Waals surface area contributed by atoms with Crippen molar-refractivity contribution in [3.63, 3.8) is 0 Å². The van der Waals surface area contributed by atoms with Gasteiger partial charge in [-0.05, 0) is 12.1 Å². The molecule has 2 heterocycles. The van der Waals surface area contributed by atoms with Crippen LogP contribution in [0.1, 0.15) is 27.0 Å². The highest BCUT2D eigenvalue weighted by Crippen LogP contribution is 2.63. The lowest BCUT2D eigenvalue weighted by molar-refractivity contribution is 0.0225. The lowest BCUT2D eigenvalue weighted by Gasteiger charge is -2.37. The molecule has 34 heavy (non-hydrogen) atoms. The predicted molar refractivity (Wildman–Crippen MR) is 125 cm³/mol. The number of esters is 1. The van der Waals surface area contributed by atoms with E-state index in [-0.39, 0.29) is 75.4 Å². The van der Waals surface area contributed by atoms with Crippen molar-refractivity contribution in [2.45, 2.75) is 5.60 Å². The Morgan fingerprint density at radius 2 is 1.50 bits per heavy atom. The van der Waals surface area contributed by atoms with Gasteiger partial charge < -0.3 is 24.4 Å². The minimum atomic E-state index is -1.90. The van der Waals surface area contributed by atoms with Crippen molar-refractivity contribution >= 4 is 81.7 Å². The van der Waals surface area contributed by atoms with E-state index in [4.69, 9.17) is 88.9 Å². The summed E-state index contributed by atoms with van der Waals surface area (Å²) in [4.78, 5) is 24.3. The lowest BCUT2D eigenvalue weighted by Crippen LogP contribution is -2.34. The third-order valence-corrected chi connectivity index (χ3v) is 7.97. The summed E-state index contributed by atoms with van der Waals surface area (Å²) in [5, 5.41) is 17.9. The average molecular weight is 583 g/mol. The number of aromatic hydroxyl groups is 1. The molecule has 5 rings (SSSR count). The first kappa shape index (κ1) is 23.5. The third-order valence-electron chi connectivity index (χ3n) is 5.32. The van der Waals surface area contributed by atoms with Crippen molar-refractivity contribution in [2.24, 2.45) is 0 Å². The van der Waals surface area contributed by atoms with Crippen LogP contribution in [0.3, 0.4) is 0 Å². The maximum atomic E-state index is 13.1. The van der Waals surface area contributed by atoms with Crippen LogP contribution in [0.2, 0.25) is 30.1 Å². The van der Waals surface area contributed by atoms with Crippen molar-refractivity contribution in [2.75, 3.05) is 0 Å². The number of phenols is 1. The number of phenolic OH excluding ortho intramolecular Hbond substituents is 1. The molecule has 2 aliphatic heterocycles. The number of halogens is 6. The van der Waals surface area contributed by atoms with Crippen LogP contribution in [0.15, 0.2) is 24.3 Å². The minimum Gasteiger partial charge on any atom is -0.508 e. The van der Waals surface area contributed by atoms with Crippen LogP contribution in [0.25, 0.3) is 0 Å². The summed E-state index contributed by atoms with van der Waals surface area (Å²) in [7, 11) is 0. The van der Waals surface area contributed by atoms with Crippen LogP contribution in [0.4, 0.5) is 4.79 Å². The summed E-state index contributed by atoms with van der Waals surface area (Å²) >= 11 is 38.3. The van der Waals surface area contributed by atoms with Gasteiger partial charge in [0.15, 0.2) is 11.4 Å². The number of fused-ring (bicyclic) bond motifs is 6. The number of hydrogen-bond donors (Lipinski definition) is 2. The van der Waals surface area contributed by atoms with Crippen LogP contribution in [0, 0.1) is 0 Å². The normalized spacial score (nSPS) is 17.5. The highest BCUT2D eigenvalue weighted by Gasteiger charge is 2.58. The number of ether oxygens (including phenoxy) is 3. The molecule has 0 aromatic heterocycles. The Balaban J connectivity index is 1.97. The van der Waals surface area contributed by atoms with Gasteiger partial charge in [0.25, 0.3) is 0 Å². The lowest BCUT2D eigenvalue weighted by atomic mass is 9.77. The van der Waals surface area contributed by atoms with E-state index in [9.17, 15) is 14.7 Å². The SMILES string of the molecule is O=C(O)Oc1cc2c(c(Cl)c1Cl)C1(OC(=O)c3c(Cl)c(Cl)c(Cl)c(Cl)c31)c1ccc(O)cc1O2. The number of rotatable bonds is 1. The van der Waals surface area contributed by atoms with E-state index >= 15 is 0 Å². The van der Waals surface area contributed by atoms with Crippen molar-refractivity contribution in [1.29, 1.82) is 0 Å². The van der Waals surface area contributed by atoms with Crippen LogP contribution in [-0.4, -0.2) is 22.3 Å². The molecular weight excluding hydrogens is 577 g/mol. The number of carbonyl (C=O) groups excluding carboxylic acids is 1. The molecule has 3 aromatic carbocycles. The minimum absolute atomic E-state index is 0.00134. The Labute approximate surface area is 220 Å². The number of hydrogen-bond acceptors (Lipinski definition) is 6. The second-order valence-electron chi connectivity index (χ2n) is 7.10. The van der Waals surface area contributed by atoms with E-state index in [1.165, 1.54) is 18.2 Å². The summed E-state index contributed by atoms with van der Waals surface area (Å²) in [6.07, 6.45) is -1.66. The monoisotopic (exact) mass is 580 g/mol. The summed E-state index contributed by atoms with van der Waals surface area (Å²) in [6, 6.07) is 5.14. The molecule has 0 aliphatic carbocycles. The largest absolute Gasteiger partial charge is 0.511 e. The molecule has 0 saturated carbocycles. The van der Waals surface area contributed by atoms with Crippen LogP contribution in [0.5, 0.6) is 23.0 Å². The summed E-state index contributed by atoms with van der Waals surface area (Å²) < 4.78 is 16.5. The molecule has 1 unspecified atom stereocenters. The molecular formula is C21H6Cl6O7. The molecule has 2 aliphatic rings. The molecule has 0 saturated heterocycles. The molecule has 0 amide bonds. The maximum absolute atomic E-state index is 13.1. The van der Waals surface area contributed by atoms with Gasteiger partial charge in [-0.15, -0.1) is 0 Å². The predicted octanol–water partition coefficient (Wildman–Crippen LogP) is 7.94. The fourth-order valence-electron chi connectivity index (χ4n) is 4.06.